The molecule has 2 heterocycles. The molecular weight excluding hydrogens is 326 g/mol. The number of carbonyl (C=O) groups is 2. The SMILES string of the molecule is COc1ccc2c(c1OC)C(=O)OC2Nc1ccc2c(c1)COC2=O. The molecule has 7 nitrogen and oxygen atoms in total. The summed E-state index contributed by atoms with van der Waals surface area (Å²) in [5, 5.41) is 3.15. The molecule has 1 unspecified atom stereocenters. The number of methoxy groups -OCH3 is 2. The molecule has 0 aliphatic carbocycles. The van der Waals surface area contributed by atoms with Gasteiger partial charge < -0.3 is 24.3 Å². The van der Waals surface area contributed by atoms with Gasteiger partial charge >= 0.3 is 11.9 Å². The summed E-state index contributed by atoms with van der Waals surface area (Å²) in [6.45, 7) is 0.246. The van der Waals surface area contributed by atoms with E-state index in [2.05, 4.69) is 5.32 Å². The highest BCUT2D eigenvalue weighted by molar-refractivity contribution is 5.98. The molecule has 0 amide bonds. The fourth-order valence-electron chi connectivity index (χ4n) is 3.08. The highest BCUT2D eigenvalue weighted by atomic mass is 16.6. The monoisotopic (exact) mass is 341 g/mol. The molecule has 2 aliphatic heterocycles. The van der Waals surface area contributed by atoms with Crippen molar-refractivity contribution >= 4 is 17.6 Å². The second-order valence-corrected chi connectivity index (χ2v) is 5.64. The maximum atomic E-state index is 12.3. The van der Waals surface area contributed by atoms with Crippen LogP contribution >= 0.6 is 0 Å². The van der Waals surface area contributed by atoms with Crippen LogP contribution in [0.15, 0.2) is 30.3 Å². The van der Waals surface area contributed by atoms with Crippen LogP contribution in [-0.2, 0) is 16.1 Å². The molecule has 0 radical (unpaired) electrons. The Morgan fingerprint density at radius 1 is 1.08 bits per heavy atom. The number of fused-ring (bicyclic) bond motifs is 2. The van der Waals surface area contributed by atoms with Gasteiger partial charge in [-0.25, -0.2) is 9.59 Å². The molecule has 0 fully saturated rings. The molecule has 2 aromatic rings. The Hall–Kier alpha value is -3.22. The van der Waals surface area contributed by atoms with E-state index in [0.29, 0.717) is 28.2 Å². The highest BCUT2D eigenvalue weighted by Gasteiger charge is 2.36. The maximum absolute atomic E-state index is 12.3. The Bertz CT molecular complexity index is 891. The van der Waals surface area contributed by atoms with Crippen molar-refractivity contribution in [1.82, 2.24) is 0 Å². The molecule has 7 heteroatoms. The van der Waals surface area contributed by atoms with Crippen LogP contribution in [-0.4, -0.2) is 26.2 Å². The van der Waals surface area contributed by atoms with Crippen LogP contribution < -0.4 is 14.8 Å². The first kappa shape index (κ1) is 15.3. The first-order chi connectivity index (χ1) is 12.1. The summed E-state index contributed by atoms with van der Waals surface area (Å²) in [4.78, 5) is 23.8. The molecule has 128 valence electrons. The van der Waals surface area contributed by atoms with Gasteiger partial charge in [-0.2, -0.15) is 0 Å². The lowest BCUT2D eigenvalue weighted by Crippen LogP contribution is -2.10. The number of esters is 2. The summed E-state index contributed by atoms with van der Waals surface area (Å²) >= 11 is 0. The van der Waals surface area contributed by atoms with E-state index in [1.165, 1.54) is 14.2 Å². The minimum Gasteiger partial charge on any atom is -0.493 e. The van der Waals surface area contributed by atoms with Crippen LogP contribution in [0.3, 0.4) is 0 Å². The summed E-state index contributed by atoms with van der Waals surface area (Å²) in [6, 6.07) is 8.74. The van der Waals surface area contributed by atoms with Crippen LogP contribution in [0.1, 0.15) is 38.1 Å². The van der Waals surface area contributed by atoms with Crippen molar-refractivity contribution in [3.63, 3.8) is 0 Å². The van der Waals surface area contributed by atoms with Crippen molar-refractivity contribution in [2.75, 3.05) is 19.5 Å². The van der Waals surface area contributed by atoms with E-state index >= 15 is 0 Å². The van der Waals surface area contributed by atoms with Gasteiger partial charge in [-0.1, -0.05) is 0 Å². The third-order valence-electron chi connectivity index (χ3n) is 4.27. The predicted octanol–water partition coefficient (Wildman–Crippen LogP) is 2.66. The molecule has 0 saturated carbocycles. The van der Waals surface area contributed by atoms with Gasteiger partial charge in [0.15, 0.2) is 11.5 Å². The van der Waals surface area contributed by atoms with E-state index in [1.807, 2.05) is 6.07 Å². The normalized spacial score (nSPS) is 17.4. The Morgan fingerprint density at radius 3 is 2.68 bits per heavy atom. The Kier molecular flexibility index (Phi) is 3.49. The molecule has 0 saturated heterocycles. The molecule has 1 N–H and O–H groups in total. The minimum atomic E-state index is -0.654. The molecular formula is C18H15NO6. The van der Waals surface area contributed by atoms with E-state index in [9.17, 15) is 9.59 Å². The average molecular weight is 341 g/mol. The van der Waals surface area contributed by atoms with Crippen molar-refractivity contribution in [1.29, 1.82) is 0 Å². The first-order valence-electron chi connectivity index (χ1n) is 7.65. The number of cyclic esters (lactones) is 2. The van der Waals surface area contributed by atoms with Gasteiger partial charge in [-0.3, -0.25) is 0 Å². The largest absolute Gasteiger partial charge is 0.493 e. The molecule has 2 aromatic carbocycles. The number of anilines is 1. The lowest BCUT2D eigenvalue weighted by atomic mass is 10.1. The number of ether oxygens (including phenoxy) is 4. The van der Waals surface area contributed by atoms with Crippen LogP contribution in [0, 0.1) is 0 Å². The maximum Gasteiger partial charge on any atom is 0.344 e. The third-order valence-corrected chi connectivity index (χ3v) is 4.27. The second kappa shape index (κ2) is 5.70. The summed E-state index contributed by atoms with van der Waals surface area (Å²) in [6.07, 6.45) is -0.654. The first-order valence-corrected chi connectivity index (χ1v) is 7.65. The molecule has 1 atom stereocenters. The zero-order valence-corrected chi connectivity index (χ0v) is 13.6. The number of rotatable bonds is 4. The van der Waals surface area contributed by atoms with Crippen molar-refractivity contribution in [3.8, 4) is 11.5 Å². The van der Waals surface area contributed by atoms with E-state index < -0.39 is 12.2 Å². The predicted molar refractivity (Wildman–Crippen MR) is 86.9 cm³/mol. The van der Waals surface area contributed by atoms with Gasteiger partial charge in [-0.05, 0) is 30.3 Å². The average Bonchev–Trinajstić information content (AvgIpc) is 3.14. The van der Waals surface area contributed by atoms with Crippen LogP contribution in [0.2, 0.25) is 0 Å². The number of hydrogen-bond donors (Lipinski definition) is 1. The van der Waals surface area contributed by atoms with Gasteiger partial charge in [0, 0.05) is 16.8 Å². The van der Waals surface area contributed by atoms with E-state index in [0.717, 1.165) is 11.3 Å². The summed E-state index contributed by atoms with van der Waals surface area (Å²) < 4.78 is 21.0. The van der Waals surface area contributed by atoms with Crippen molar-refractivity contribution in [3.05, 3.63) is 52.6 Å². The standard InChI is InChI=1S/C18H15NO6/c1-22-13-6-5-12-14(15(13)23-2)18(21)25-16(12)19-10-3-4-11-9(7-10)8-24-17(11)20/h3-7,16,19H,8H2,1-2H3. The van der Waals surface area contributed by atoms with E-state index in [-0.39, 0.29) is 12.6 Å². The highest BCUT2D eigenvalue weighted by Crippen LogP contribution is 2.42. The summed E-state index contributed by atoms with van der Waals surface area (Å²) in [5.41, 5.74) is 3.08. The fraction of sp³-hybridized carbons (Fsp3) is 0.222. The molecule has 0 aromatic heterocycles. The number of benzene rings is 2. The molecule has 2 aliphatic rings. The molecule has 0 bridgehead atoms. The van der Waals surface area contributed by atoms with Crippen molar-refractivity contribution < 1.29 is 28.5 Å². The lowest BCUT2D eigenvalue weighted by Gasteiger charge is -2.15. The summed E-state index contributed by atoms with van der Waals surface area (Å²) in [5.74, 6) is 0.00762. The Labute approximate surface area is 143 Å². The second-order valence-electron chi connectivity index (χ2n) is 5.64. The van der Waals surface area contributed by atoms with Crippen molar-refractivity contribution in [2.45, 2.75) is 12.8 Å². The molecule has 25 heavy (non-hydrogen) atoms. The zero-order chi connectivity index (χ0) is 17.6. The number of nitrogens with one attached hydrogen (secondary N) is 1. The van der Waals surface area contributed by atoms with Crippen LogP contribution in [0.4, 0.5) is 5.69 Å². The fourth-order valence-corrected chi connectivity index (χ4v) is 3.08. The van der Waals surface area contributed by atoms with Crippen molar-refractivity contribution in [2.24, 2.45) is 0 Å². The Morgan fingerprint density at radius 2 is 1.92 bits per heavy atom. The Balaban J connectivity index is 1.67. The smallest absolute Gasteiger partial charge is 0.344 e. The van der Waals surface area contributed by atoms with Crippen LogP contribution in [0.5, 0.6) is 11.5 Å². The lowest BCUT2D eigenvalue weighted by molar-refractivity contribution is 0.0434. The molecule has 0 spiro atoms. The van der Waals surface area contributed by atoms with Gasteiger partial charge in [0.2, 0.25) is 6.23 Å². The molecule has 4 rings (SSSR count). The van der Waals surface area contributed by atoms with Crippen LogP contribution in [0.25, 0.3) is 0 Å². The van der Waals surface area contributed by atoms with Gasteiger partial charge in [-0.15, -0.1) is 0 Å². The van der Waals surface area contributed by atoms with E-state index in [4.69, 9.17) is 18.9 Å². The minimum absolute atomic E-state index is 0.246. The quantitative estimate of drug-likeness (QED) is 0.856. The third kappa shape index (κ3) is 2.36. The number of hydrogen-bond acceptors (Lipinski definition) is 7. The van der Waals surface area contributed by atoms with Gasteiger partial charge in [0.05, 0.1) is 19.8 Å². The van der Waals surface area contributed by atoms with Gasteiger partial charge in [0.25, 0.3) is 0 Å². The zero-order valence-electron chi connectivity index (χ0n) is 13.6. The number of carbonyl (C=O) groups excluding carboxylic acids is 2. The van der Waals surface area contributed by atoms with E-state index in [1.54, 1.807) is 24.3 Å². The topological polar surface area (TPSA) is 83.1 Å². The van der Waals surface area contributed by atoms with Gasteiger partial charge in [0.1, 0.15) is 12.2 Å². The summed E-state index contributed by atoms with van der Waals surface area (Å²) in [7, 11) is 2.98.